The van der Waals surface area contributed by atoms with Crippen LogP contribution in [0.15, 0.2) is 66.4 Å². The van der Waals surface area contributed by atoms with Crippen molar-refractivity contribution in [1.29, 1.82) is 0 Å². The molecular formula is C24H31N3O2. The fourth-order valence-electron chi connectivity index (χ4n) is 3.20. The van der Waals surface area contributed by atoms with Crippen molar-refractivity contribution < 1.29 is 9.53 Å². The molecule has 5 heteroatoms. The van der Waals surface area contributed by atoms with Gasteiger partial charge in [0.25, 0.3) is 5.91 Å². The molecule has 2 aromatic carbocycles. The second-order valence-corrected chi connectivity index (χ2v) is 8.44. The van der Waals surface area contributed by atoms with Gasteiger partial charge in [0.15, 0.2) is 6.61 Å². The maximum Gasteiger partial charge on any atom is 0.276 e. The fraction of sp³-hybridized carbons (Fsp3) is 0.375. The highest BCUT2D eigenvalue weighted by Crippen LogP contribution is 2.24. The Morgan fingerprint density at radius 1 is 1.07 bits per heavy atom. The minimum Gasteiger partial charge on any atom is -0.484 e. The summed E-state index contributed by atoms with van der Waals surface area (Å²) in [5.41, 5.74) is 9.44. The second kappa shape index (κ2) is 9.61. The van der Waals surface area contributed by atoms with Crippen molar-refractivity contribution in [2.45, 2.75) is 39.2 Å². The second-order valence-electron chi connectivity index (χ2n) is 8.44. The van der Waals surface area contributed by atoms with Gasteiger partial charge in [0.1, 0.15) is 5.75 Å². The van der Waals surface area contributed by atoms with Gasteiger partial charge in [0, 0.05) is 31.8 Å². The third-order valence-corrected chi connectivity index (χ3v) is 5.00. The van der Waals surface area contributed by atoms with Crippen molar-refractivity contribution in [1.82, 2.24) is 15.8 Å². The van der Waals surface area contributed by atoms with Crippen LogP contribution in [0.4, 0.5) is 0 Å². The fourth-order valence-corrected chi connectivity index (χ4v) is 3.20. The van der Waals surface area contributed by atoms with Crippen LogP contribution < -0.4 is 15.6 Å². The lowest BCUT2D eigenvalue weighted by Gasteiger charge is -2.26. The first-order valence-electron chi connectivity index (χ1n) is 10.1. The van der Waals surface area contributed by atoms with Crippen molar-refractivity contribution in [3.05, 3.63) is 77.5 Å². The number of nitrogens with zero attached hydrogens (tertiary/aromatic N) is 1. The Morgan fingerprint density at radius 3 is 2.41 bits per heavy atom. The standard InChI is InChI=1S/C24H31N3O2/c1-24(2,3)20-9-11-22(12-10-20)29-18-23(28)26-25-21-13-15-27(16-14-21)17-19-7-5-4-6-8-19/h4-13,25H,14-18H2,1-3H3,(H,26,28). The molecule has 1 amide bonds. The van der Waals surface area contributed by atoms with Crippen LogP contribution >= 0.6 is 0 Å². The van der Waals surface area contributed by atoms with E-state index in [0.29, 0.717) is 5.75 Å². The van der Waals surface area contributed by atoms with Gasteiger partial charge >= 0.3 is 0 Å². The van der Waals surface area contributed by atoms with E-state index >= 15 is 0 Å². The highest BCUT2D eigenvalue weighted by atomic mass is 16.5. The molecule has 0 fully saturated rings. The molecule has 0 radical (unpaired) electrons. The Balaban J connectivity index is 1.37. The Bertz CT molecular complexity index is 823. The molecule has 0 saturated carbocycles. The van der Waals surface area contributed by atoms with Gasteiger partial charge in [-0.2, -0.15) is 0 Å². The summed E-state index contributed by atoms with van der Waals surface area (Å²) in [5, 5.41) is 0. The summed E-state index contributed by atoms with van der Waals surface area (Å²) in [6.45, 7) is 9.26. The maximum atomic E-state index is 12.1. The number of benzene rings is 2. The number of ether oxygens (including phenoxy) is 1. The molecule has 29 heavy (non-hydrogen) atoms. The van der Waals surface area contributed by atoms with Gasteiger partial charge in [-0.3, -0.25) is 15.1 Å². The maximum absolute atomic E-state index is 12.1. The van der Waals surface area contributed by atoms with E-state index in [4.69, 9.17) is 4.74 Å². The Morgan fingerprint density at radius 2 is 1.79 bits per heavy atom. The molecule has 0 unspecified atom stereocenters. The molecule has 0 aliphatic carbocycles. The van der Waals surface area contributed by atoms with Gasteiger partial charge in [-0.1, -0.05) is 63.2 Å². The third-order valence-electron chi connectivity index (χ3n) is 5.00. The lowest BCUT2D eigenvalue weighted by molar-refractivity contribution is -0.123. The molecule has 0 spiro atoms. The zero-order chi connectivity index (χ0) is 20.7. The quantitative estimate of drug-likeness (QED) is 0.703. The van der Waals surface area contributed by atoms with Crippen LogP contribution in [0, 0.1) is 0 Å². The topological polar surface area (TPSA) is 53.6 Å². The van der Waals surface area contributed by atoms with Crippen LogP contribution in [0.3, 0.4) is 0 Å². The van der Waals surface area contributed by atoms with Crippen LogP contribution in [0.1, 0.15) is 38.3 Å². The van der Waals surface area contributed by atoms with E-state index in [2.05, 4.69) is 66.9 Å². The lowest BCUT2D eigenvalue weighted by Crippen LogP contribution is -2.42. The molecule has 0 aromatic heterocycles. The molecule has 3 rings (SSSR count). The summed E-state index contributed by atoms with van der Waals surface area (Å²) in [7, 11) is 0. The number of hydrazine groups is 1. The van der Waals surface area contributed by atoms with Gasteiger partial charge < -0.3 is 10.2 Å². The molecule has 1 aliphatic heterocycles. The number of hydrogen-bond acceptors (Lipinski definition) is 4. The molecular weight excluding hydrogens is 362 g/mol. The summed E-state index contributed by atoms with van der Waals surface area (Å²) < 4.78 is 5.58. The Kier molecular flexibility index (Phi) is 6.94. The molecule has 0 bridgehead atoms. The average Bonchev–Trinajstić information content (AvgIpc) is 2.72. The van der Waals surface area contributed by atoms with Gasteiger partial charge in [0.05, 0.1) is 0 Å². The van der Waals surface area contributed by atoms with Gasteiger partial charge in [0.2, 0.25) is 0 Å². The van der Waals surface area contributed by atoms with Crippen LogP contribution in [-0.4, -0.2) is 30.5 Å². The van der Waals surface area contributed by atoms with E-state index in [-0.39, 0.29) is 17.9 Å². The number of nitrogens with one attached hydrogen (secondary N) is 2. The van der Waals surface area contributed by atoms with Crippen molar-refractivity contribution in [2.75, 3.05) is 19.7 Å². The Hall–Kier alpha value is -2.79. The molecule has 2 aromatic rings. The SMILES string of the molecule is CC(C)(C)c1ccc(OCC(=O)NNC2=CCN(Cc3ccccc3)CC2)cc1. The molecule has 0 atom stereocenters. The minimum atomic E-state index is -0.197. The number of hydrogen-bond donors (Lipinski definition) is 2. The van der Waals surface area contributed by atoms with Gasteiger partial charge in [-0.05, 0) is 34.8 Å². The first-order valence-corrected chi connectivity index (χ1v) is 10.1. The summed E-state index contributed by atoms with van der Waals surface area (Å²) in [6, 6.07) is 18.4. The van der Waals surface area contributed by atoms with Crippen LogP contribution in [0.5, 0.6) is 5.75 Å². The van der Waals surface area contributed by atoms with Crippen molar-refractivity contribution in [2.24, 2.45) is 0 Å². The van der Waals surface area contributed by atoms with E-state index < -0.39 is 0 Å². The molecule has 5 nitrogen and oxygen atoms in total. The number of carbonyl (C=O) groups excluding carboxylic acids is 1. The predicted octanol–water partition coefficient (Wildman–Crippen LogP) is 3.77. The number of amides is 1. The highest BCUT2D eigenvalue weighted by molar-refractivity contribution is 5.77. The normalized spacial score (nSPS) is 14.8. The van der Waals surface area contributed by atoms with Crippen molar-refractivity contribution in [3.8, 4) is 5.75 Å². The summed E-state index contributed by atoms with van der Waals surface area (Å²) in [4.78, 5) is 14.4. The lowest BCUT2D eigenvalue weighted by atomic mass is 9.87. The monoisotopic (exact) mass is 393 g/mol. The van der Waals surface area contributed by atoms with Crippen LogP contribution in [-0.2, 0) is 16.8 Å². The molecule has 2 N–H and O–H groups in total. The largest absolute Gasteiger partial charge is 0.484 e. The molecule has 1 aliphatic rings. The van der Waals surface area contributed by atoms with E-state index in [1.54, 1.807) is 0 Å². The first-order chi connectivity index (χ1) is 13.9. The molecule has 1 heterocycles. The predicted molar refractivity (Wildman–Crippen MR) is 116 cm³/mol. The number of rotatable bonds is 7. The molecule has 154 valence electrons. The van der Waals surface area contributed by atoms with E-state index in [1.165, 1.54) is 11.1 Å². The van der Waals surface area contributed by atoms with Gasteiger partial charge in [-0.25, -0.2) is 0 Å². The van der Waals surface area contributed by atoms with Crippen molar-refractivity contribution >= 4 is 5.91 Å². The average molecular weight is 394 g/mol. The van der Waals surface area contributed by atoms with Crippen LogP contribution in [0.25, 0.3) is 0 Å². The third kappa shape index (κ3) is 6.64. The summed E-state index contributed by atoms with van der Waals surface area (Å²) in [6.07, 6.45) is 3.00. The van der Waals surface area contributed by atoms with E-state index in [1.807, 2.05) is 30.3 Å². The Labute approximate surface area is 173 Å². The smallest absolute Gasteiger partial charge is 0.276 e. The number of carbonyl (C=O) groups is 1. The first kappa shape index (κ1) is 20.9. The summed E-state index contributed by atoms with van der Waals surface area (Å²) >= 11 is 0. The van der Waals surface area contributed by atoms with Crippen LogP contribution in [0.2, 0.25) is 0 Å². The van der Waals surface area contributed by atoms with E-state index in [0.717, 1.165) is 31.8 Å². The molecule has 0 saturated heterocycles. The highest BCUT2D eigenvalue weighted by Gasteiger charge is 2.14. The van der Waals surface area contributed by atoms with Crippen molar-refractivity contribution in [3.63, 3.8) is 0 Å². The zero-order valence-corrected chi connectivity index (χ0v) is 17.6. The summed E-state index contributed by atoms with van der Waals surface area (Å²) in [5.74, 6) is 0.499. The van der Waals surface area contributed by atoms with E-state index in [9.17, 15) is 4.79 Å². The minimum absolute atomic E-state index is 0.0186. The van der Waals surface area contributed by atoms with Gasteiger partial charge in [-0.15, -0.1) is 0 Å². The zero-order valence-electron chi connectivity index (χ0n) is 17.6.